The topological polar surface area (TPSA) is 41.1 Å². The minimum atomic E-state index is -0.272. The number of halogens is 1. The normalized spacial score (nSPS) is 20.8. The summed E-state index contributed by atoms with van der Waals surface area (Å²) in [5.74, 6) is 0.237. The van der Waals surface area contributed by atoms with Crippen molar-refractivity contribution in [3.8, 4) is 0 Å². The number of hydrogen-bond donors (Lipinski definition) is 2. The van der Waals surface area contributed by atoms with Crippen LogP contribution < -0.4 is 10.6 Å². The SMILES string of the molecule is CC(NC(=O)Cc1ccc(F)cc1)C1CCCNC1. The van der Waals surface area contributed by atoms with Gasteiger partial charge in [-0.1, -0.05) is 12.1 Å². The second-order valence-electron chi connectivity index (χ2n) is 5.27. The lowest BCUT2D eigenvalue weighted by atomic mass is 9.92. The Kier molecular flexibility index (Phi) is 4.91. The van der Waals surface area contributed by atoms with E-state index in [2.05, 4.69) is 17.6 Å². The molecule has 3 nitrogen and oxygen atoms in total. The Morgan fingerprint density at radius 1 is 1.47 bits per heavy atom. The average molecular weight is 264 g/mol. The smallest absolute Gasteiger partial charge is 0.224 e. The van der Waals surface area contributed by atoms with Crippen LogP contribution in [0.4, 0.5) is 4.39 Å². The third-order valence-corrected chi connectivity index (χ3v) is 3.71. The highest BCUT2D eigenvalue weighted by atomic mass is 19.1. The first kappa shape index (κ1) is 14.0. The van der Waals surface area contributed by atoms with E-state index >= 15 is 0 Å². The van der Waals surface area contributed by atoms with Gasteiger partial charge in [0, 0.05) is 6.04 Å². The minimum Gasteiger partial charge on any atom is -0.353 e. The predicted molar refractivity (Wildman–Crippen MR) is 73.3 cm³/mol. The zero-order valence-corrected chi connectivity index (χ0v) is 11.3. The van der Waals surface area contributed by atoms with Gasteiger partial charge in [0.1, 0.15) is 5.82 Å². The molecule has 1 saturated heterocycles. The molecule has 1 heterocycles. The van der Waals surface area contributed by atoms with Crippen LogP contribution >= 0.6 is 0 Å². The lowest BCUT2D eigenvalue weighted by Gasteiger charge is -2.29. The Morgan fingerprint density at radius 3 is 2.84 bits per heavy atom. The van der Waals surface area contributed by atoms with Crippen molar-refractivity contribution in [2.24, 2.45) is 5.92 Å². The summed E-state index contributed by atoms with van der Waals surface area (Å²) in [6.45, 7) is 4.10. The first-order valence-electron chi connectivity index (χ1n) is 6.89. The van der Waals surface area contributed by atoms with Crippen molar-refractivity contribution in [1.29, 1.82) is 0 Å². The Morgan fingerprint density at radius 2 is 2.21 bits per heavy atom. The first-order valence-corrected chi connectivity index (χ1v) is 6.89. The lowest BCUT2D eigenvalue weighted by Crippen LogP contribution is -2.45. The lowest BCUT2D eigenvalue weighted by molar-refractivity contribution is -0.121. The summed E-state index contributed by atoms with van der Waals surface area (Å²) in [4.78, 5) is 11.9. The van der Waals surface area contributed by atoms with Gasteiger partial charge < -0.3 is 10.6 Å². The van der Waals surface area contributed by atoms with Crippen LogP contribution in [0.1, 0.15) is 25.3 Å². The first-order chi connectivity index (χ1) is 9.15. The zero-order valence-electron chi connectivity index (χ0n) is 11.3. The summed E-state index contributed by atoms with van der Waals surface area (Å²) in [6.07, 6.45) is 2.64. The molecule has 0 saturated carbocycles. The van der Waals surface area contributed by atoms with E-state index in [1.54, 1.807) is 12.1 Å². The molecule has 2 unspecified atom stereocenters. The highest BCUT2D eigenvalue weighted by Gasteiger charge is 2.21. The van der Waals surface area contributed by atoms with E-state index in [1.165, 1.54) is 18.6 Å². The van der Waals surface area contributed by atoms with Crippen LogP contribution in [0.2, 0.25) is 0 Å². The molecule has 1 amide bonds. The quantitative estimate of drug-likeness (QED) is 0.871. The standard InChI is InChI=1S/C15H21FN2O/c1-11(13-3-2-8-17-10-13)18-15(19)9-12-4-6-14(16)7-5-12/h4-7,11,13,17H,2-3,8-10H2,1H3,(H,18,19). The monoisotopic (exact) mass is 264 g/mol. The highest BCUT2D eigenvalue weighted by Crippen LogP contribution is 2.14. The van der Waals surface area contributed by atoms with Crippen LogP contribution in [-0.4, -0.2) is 25.0 Å². The third-order valence-electron chi connectivity index (χ3n) is 3.71. The molecule has 0 bridgehead atoms. The summed E-state index contributed by atoms with van der Waals surface area (Å²) in [6, 6.07) is 6.26. The van der Waals surface area contributed by atoms with Gasteiger partial charge in [-0.05, 0) is 56.5 Å². The van der Waals surface area contributed by atoms with E-state index in [1.807, 2.05) is 0 Å². The van der Waals surface area contributed by atoms with Crippen LogP contribution in [0.25, 0.3) is 0 Å². The molecule has 1 aromatic rings. The Hall–Kier alpha value is -1.42. The van der Waals surface area contributed by atoms with Crippen molar-refractivity contribution in [2.75, 3.05) is 13.1 Å². The van der Waals surface area contributed by atoms with E-state index in [0.717, 1.165) is 25.1 Å². The van der Waals surface area contributed by atoms with Crippen molar-refractivity contribution in [1.82, 2.24) is 10.6 Å². The molecule has 1 fully saturated rings. The van der Waals surface area contributed by atoms with Crippen LogP contribution in [0.3, 0.4) is 0 Å². The molecule has 2 rings (SSSR count). The second kappa shape index (κ2) is 6.66. The van der Waals surface area contributed by atoms with Crippen molar-refractivity contribution in [3.05, 3.63) is 35.6 Å². The van der Waals surface area contributed by atoms with Crippen molar-refractivity contribution in [3.63, 3.8) is 0 Å². The molecule has 4 heteroatoms. The summed E-state index contributed by atoms with van der Waals surface area (Å²) < 4.78 is 12.8. The van der Waals surface area contributed by atoms with E-state index in [-0.39, 0.29) is 17.8 Å². The third kappa shape index (κ3) is 4.31. The van der Waals surface area contributed by atoms with Gasteiger partial charge in [0.2, 0.25) is 5.91 Å². The van der Waals surface area contributed by atoms with E-state index in [9.17, 15) is 9.18 Å². The maximum atomic E-state index is 12.8. The van der Waals surface area contributed by atoms with Crippen molar-refractivity contribution in [2.45, 2.75) is 32.2 Å². The van der Waals surface area contributed by atoms with Gasteiger partial charge in [-0.25, -0.2) is 4.39 Å². The van der Waals surface area contributed by atoms with Gasteiger partial charge in [0.05, 0.1) is 6.42 Å². The average Bonchev–Trinajstić information content (AvgIpc) is 2.42. The van der Waals surface area contributed by atoms with Gasteiger partial charge >= 0.3 is 0 Å². The predicted octanol–water partition coefficient (Wildman–Crippen LogP) is 1.87. The minimum absolute atomic E-state index is 0.00433. The number of carbonyl (C=O) groups is 1. The maximum absolute atomic E-state index is 12.8. The molecule has 0 radical (unpaired) electrons. The summed E-state index contributed by atoms with van der Waals surface area (Å²) in [7, 11) is 0. The fourth-order valence-corrected chi connectivity index (χ4v) is 2.52. The van der Waals surface area contributed by atoms with Crippen LogP contribution in [-0.2, 0) is 11.2 Å². The van der Waals surface area contributed by atoms with Crippen LogP contribution in [0.15, 0.2) is 24.3 Å². The van der Waals surface area contributed by atoms with E-state index in [0.29, 0.717) is 12.3 Å². The number of hydrogen-bond acceptors (Lipinski definition) is 2. The number of amides is 1. The number of benzene rings is 1. The number of nitrogens with one attached hydrogen (secondary N) is 2. The summed E-state index contributed by atoms with van der Waals surface area (Å²) in [5.41, 5.74) is 0.841. The maximum Gasteiger partial charge on any atom is 0.224 e. The highest BCUT2D eigenvalue weighted by molar-refractivity contribution is 5.78. The Balaban J connectivity index is 1.81. The number of carbonyl (C=O) groups excluding carboxylic acids is 1. The van der Waals surface area contributed by atoms with Gasteiger partial charge in [-0.2, -0.15) is 0 Å². The Labute approximate surface area is 113 Å². The molecule has 2 atom stereocenters. The molecular weight excluding hydrogens is 243 g/mol. The van der Waals surface area contributed by atoms with E-state index < -0.39 is 0 Å². The van der Waals surface area contributed by atoms with Crippen molar-refractivity contribution < 1.29 is 9.18 Å². The molecular formula is C15H21FN2O. The largest absolute Gasteiger partial charge is 0.353 e. The van der Waals surface area contributed by atoms with Gasteiger partial charge in [-0.15, -0.1) is 0 Å². The van der Waals surface area contributed by atoms with Gasteiger partial charge in [-0.3, -0.25) is 4.79 Å². The molecule has 1 aliphatic rings. The van der Waals surface area contributed by atoms with Crippen molar-refractivity contribution >= 4 is 5.91 Å². The molecule has 1 aliphatic heterocycles. The molecule has 0 aliphatic carbocycles. The molecule has 0 aromatic heterocycles. The van der Waals surface area contributed by atoms with Crippen LogP contribution in [0, 0.1) is 11.7 Å². The fourth-order valence-electron chi connectivity index (χ4n) is 2.52. The molecule has 0 spiro atoms. The van der Waals surface area contributed by atoms with Crippen LogP contribution in [0.5, 0.6) is 0 Å². The molecule has 2 N–H and O–H groups in total. The van der Waals surface area contributed by atoms with E-state index in [4.69, 9.17) is 0 Å². The molecule has 1 aromatic carbocycles. The number of piperidine rings is 1. The van der Waals surface area contributed by atoms with Gasteiger partial charge in [0.25, 0.3) is 0 Å². The molecule has 19 heavy (non-hydrogen) atoms. The molecule has 104 valence electrons. The number of rotatable bonds is 4. The fraction of sp³-hybridized carbons (Fsp3) is 0.533. The zero-order chi connectivity index (χ0) is 13.7. The van der Waals surface area contributed by atoms with Gasteiger partial charge in [0.15, 0.2) is 0 Å². The summed E-state index contributed by atoms with van der Waals surface area (Å²) >= 11 is 0. The summed E-state index contributed by atoms with van der Waals surface area (Å²) in [5, 5.41) is 6.39. The Bertz CT molecular complexity index is 413. The second-order valence-corrected chi connectivity index (χ2v) is 5.27.